The average molecular weight is 422 g/mol. The number of carbonyl (C=O) groups excluding carboxylic acids is 1. The number of amides is 1. The van der Waals surface area contributed by atoms with E-state index in [-0.39, 0.29) is 17.7 Å². The number of carbonyl (C=O) groups is 1. The Hall–Kier alpha value is -2.81. The van der Waals surface area contributed by atoms with Gasteiger partial charge in [-0.05, 0) is 60.1 Å². The topological polar surface area (TPSA) is 99.6 Å². The van der Waals surface area contributed by atoms with Crippen LogP contribution in [0.2, 0.25) is 0 Å². The van der Waals surface area contributed by atoms with E-state index in [1.165, 1.54) is 6.07 Å². The Balaban J connectivity index is 1.78. The molecule has 9 heteroatoms. The molecule has 1 N–H and O–H groups in total. The van der Waals surface area contributed by atoms with Crippen LogP contribution in [-0.4, -0.2) is 29.3 Å². The van der Waals surface area contributed by atoms with Crippen molar-refractivity contribution < 1.29 is 23.1 Å². The molecule has 0 saturated carbocycles. The van der Waals surface area contributed by atoms with E-state index >= 15 is 0 Å². The first-order valence-corrected chi connectivity index (χ1v) is 8.70. The summed E-state index contributed by atoms with van der Waals surface area (Å²) in [7, 11) is 0. The van der Waals surface area contributed by atoms with Gasteiger partial charge in [-0.15, -0.1) is 5.10 Å². The SMILES string of the molecule is CCOc1ccc(-c2nnc(NC(=O)c3ccc(Br)o3)o2)cc1OCC. The summed E-state index contributed by atoms with van der Waals surface area (Å²) < 4.78 is 22.2. The maximum Gasteiger partial charge on any atom is 0.322 e. The Labute approximate surface area is 157 Å². The Morgan fingerprint density at radius 1 is 1.08 bits per heavy atom. The third-order valence-corrected chi connectivity index (χ3v) is 3.66. The number of nitrogens with zero attached hydrogens (tertiary/aromatic N) is 2. The van der Waals surface area contributed by atoms with E-state index < -0.39 is 5.91 Å². The molecule has 0 atom stereocenters. The predicted molar refractivity (Wildman–Crippen MR) is 96.4 cm³/mol. The number of hydrogen-bond donors (Lipinski definition) is 1. The van der Waals surface area contributed by atoms with Crippen LogP contribution in [0.1, 0.15) is 24.4 Å². The zero-order chi connectivity index (χ0) is 18.5. The van der Waals surface area contributed by atoms with E-state index in [9.17, 15) is 4.79 Å². The van der Waals surface area contributed by atoms with Crippen LogP contribution in [0.25, 0.3) is 11.5 Å². The molecule has 0 unspecified atom stereocenters. The maximum atomic E-state index is 12.0. The number of halogens is 1. The fourth-order valence-electron chi connectivity index (χ4n) is 2.17. The fourth-order valence-corrected chi connectivity index (χ4v) is 2.48. The Bertz CT molecular complexity index is 905. The lowest BCUT2D eigenvalue weighted by atomic mass is 10.2. The smallest absolute Gasteiger partial charge is 0.322 e. The molecule has 2 aromatic heterocycles. The van der Waals surface area contributed by atoms with Gasteiger partial charge in [0.1, 0.15) is 0 Å². The number of nitrogens with one attached hydrogen (secondary N) is 1. The monoisotopic (exact) mass is 421 g/mol. The summed E-state index contributed by atoms with van der Waals surface area (Å²) in [6.45, 7) is 4.80. The first-order chi connectivity index (χ1) is 12.6. The van der Waals surface area contributed by atoms with Gasteiger partial charge in [0.05, 0.1) is 13.2 Å². The fraction of sp³-hybridized carbons (Fsp3) is 0.235. The third kappa shape index (κ3) is 4.05. The van der Waals surface area contributed by atoms with Crippen molar-refractivity contribution in [3.05, 3.63) is 40.8 Å². The van der Waals surface area contributed by atoms with Gasteiger partial charge in [-0.25, -0.2) is 0 Å². The summed E-state index contributed by atoms with van der Waals surface area (Å²) >= 11 is 3.14. The predicted octanol–water partition coefficient (Wildman–Crippen LogP) is 4.14. The maximum absolute atomic E-state index is 12.0. The minimum Gasteiger partial charge on any atom is -0.490 e. The molecule has 3 aromatic rings. The van der Waals surface area contributed by atoms with Gasteiger partial charge in [0.2, 0.25) is 5.89 Å². The molecule has 0 bridgehead atoms. The summed E-state index contributed by atoms with van der Waals surface area (Å²) in [6.07, 6.45) is 0. The van der Waals surface area contributed by atoms with Crippen molar-refractivity contribution in [3.8, 4) is 23.0 Å². The van der Waals surface area contributed by atoms with Gasteiger partial charge < -0.3 is 18.3 Å². The molecule has 0 aliphatic carbocycles. The lowest BCUT2D eigenvalue weighted by Gasteiger charge is -2.11. The molecule has 0 saturated heterocycles. The Morgan fingerprint density at radius 2 is 1.85 bits per heavy atom. The Morgan fingerprint density at radius 3 is 2.54 bits per heavy atom. The van der Waals surface area contributed by atoms with Crippen LogP contribution in [0.15, 0.2) is 43.8 Å². The number of furan rings is 1. The van der Waals surface area contributed by atoms with Gasteiger partial charge in [0.15, 0.2) is 21.9 Å². The molecule has 8 nitrogen and oxygen atoms in total. The van der Waals surface area contributed by atoms with Crippen LogP contribution in [0.3, 0.4) is 0 Å². The number of aromatic nitrogens is 2. The molecule has 3 rings (SSSR count). The highest BCUT2D eigenvalue weighted by Crippen LogP contribution is 2.32. The second-order valence-corrected chi connectivity index (χ2v) is 5.78. The van der Waals surface area contributed by atoms with Crippen molar-refractivity contribution in [2.45, 2.75) is 13.8 Å². The van der Waals surface area contributed by atoms with E-state index in [2.05, 4.69) is 31.4 Å². The zero-order valence-corrected chi connectivity index (χ0v) is 15.7. The lowest BCUT2D eigenvalue weighted by molar-refractivity contribution is 0.0992. The van der Waals surface area contributed by atoms with Crippen LogP contribution in [0.4, 0.5) is 6.01 Å². The quantitative estimate of drug-likeness (QED) is 0.611. The molecule has 0 fully saturated rings. The van der Waals surface area contributed by atoms with Gasteiger partial charge in [-0.1, -0.05) is 5.10 Å². The van der Waals surface area contributed by atoms with Gasteiger partial charge in [0, 0.05) is 5.56 Å². The molecule has 0 aliphatic rings. The first-order valence-electron chi connectivity index (χ1n) is 7.91. The van der Waals surface area contributed by atoms with Crippen molar-refractivity contribution in [2.24, 2.45) is 0 Å². The minimum absolute atomic E-state index is 0.0376. The molecule has 0 radical (unpaired) electrons. The number of rotatable bonds is 7. The van der Waals surface area contributed by atoms with Gasteiger partial charge in [-0.3, -0.25) is 10.1 Å². The van der Waals surface area contributed by atoms with Crippen molar-refractivity contribution in [1.82, 2.24) is 10.2 Å². The third-order valence-electron chi connectivity index (χ3n) is 3.23. The summed E-state index contributed by atoms with van der Waals surface area (Å²) in [5, 5.41) is 10.3. The molecular formula is C17H16BrN3O5. The number of benzene rings is 1. The highest BCUT2D eigenvalue weighted by molar-refractivity contribution is 9.10. The van der Waals surface area contributed by atoms with Gasteiger partial charge in [-0.2, -0.15) is 0 Å². The number of ether oxygens (including phenoxy) is 2. The van der Waals surface area contributed by atoms with Crippen LogP contribution in [0, 0.1) is 0 Å². The molecule has 0 aliphatic heterocycles. The molecule has 1 amide bonds. The second-order valence-electron chi connectivity index (χ2n) is 5.00. The summed E-state index contributed by atoms with van der Waals surface area (Å²) in [5.41, 5.74) is 0.644. The van der Waals surface area contributed by atoms with E-state index in [1.807, 2.05) is 13.8 Å². The summed E-state index contributed by atoms with van der Waals surface area (Å²) in [4.78, 5) is 12.0. The van der Waals surface area contributed by atoms with Crippen LogP contribution in [0.5, 0.6) is 11.5 Å². The van der Waals surface area contributed by atoms with Gasteiger partial charge in [0.25, 0.3) is 5.91 Å². The normalized spacial score (nSPS) is 10.6. The highest BCUT2D eigenvalue weighted by Gasteiger charge is 2.16. The van der Waals surface area contributed by atoms with Crippen molar-refractivity contribution in [3.63, 3.8) is 0 Å². The van der Waals surface area contributed by atoms with Crippen molar-refractivity contribution >= 4 is 27.9 Å². The standard InChI is InChI=1S/C17H16BrN3O5/c1-3-23-11-6-5-10(9-13(11)24-4-2)16-20-21-17(26-16)19-15(22)12-7-8-14(18)25-12/h5-9H,3-4H2,1-2H3,(H,19,21,22). The largest absolute Gasteiger partial charge is 0.490 e. The average Bonchev–Trinajstić information content (AvgIpc) is 3.26. The van der Waals surface area contributed by atoms with Crippen LogP contribution >= 0.6 is 15.9 Å². The van der Waals surface area contributed by atoms with E-state index in [0.717, 1.165) is 0 Å². The van der Waals surface area contributed by atoms with E-state index in [1.54, 1.807) is 24.3 Å². The molecule has 136 valence electrons. The lowest BCUT2D eigenvalue weighted by Crippen LogP contribution is -2.10. The summed E-state index contributed by atoms with van der Waals surface area (Å²) in [6, 6.07) is 8.39. The second kappa shape index (κ2) is 8.05. The summed E-state index contributed by atoms with van der Waals surface area (Å²) in [5.74, 6) is 1.08. The van der Waals surface area contributed by atoms with Gasteiger partial charge >= 0.3 is 6.01 Å². The highest BCUT2D eigenvalue weighted by atomic mass is 79.9. The molecule has 0 spiro atoms. The molecule has 26 heavy (non-hydrogen) atoms. The van der Waals surface area contributed by atoms with Crippen molar-refractivity contribution in [2.75, 3.05) is 18.5 Å². The minimum atomic E-state index is -0.493. The molecule has 1 aromatic carbocycles. The zero-order valence-electron chi connectivity index (χ0n) is 14.1. The number of anilines is 1. The van der Waals surface area contributed by atoms with Crippen LogP contribution in [-0.2, 0) is 0 Å². The van der Waals surface area contributed by atoms with E-state index in [4.69, 9.17) is 18.3 Å². The van der Waals surface area contributed by atoms with E-state index in [0.29, 0.717) is 34.9 Å². The molecular weight excluding hydrogens is 406 g/mol. The number of hydrogen-bond acceptors (Lipinski definition) is 7. The Kier molecular flexibility index (Phi) is 5.57. The van der Waals surface area contributed by atoms with Crippen LogP contribution < -0.4 is 14.8 Å². The van der Waals surface area contributed by atoms with Crippen molar-refractivity contribution in [1.29, 1.82) is 0 Å². The first kappa shape index (κ1) is 18.0. The molecule has 2 heterocycles.